The quantitative estimate of drug-likeness (QED) is 0.443. The first-order chi connectivity index (χ1) is 5.68. The molecule has 0 aliphatic rings. The number of unbranched alkanes of at least 4 members (excludes halogenated alkanes) is 4. The van der Waals surface area contributed by atoms with Crippen molar-refractivity contribution >= 4 is 17.4 Å². The zero-order valence-electron chi connectivity index (χ0n) is 8.11. The lowest BCUT2D eigenvalue weighted by Gasteiger charge is -2.04. The molecule has 0 amide bonds. The van der Waals surface area contributed by atoms with Crippen LogP contribution in [0.15, 0.2) is 0 Å². The average Bonchev–Trinajstić information content (AvgIpc) is 2.03. The highest BCUT2D eigenvalue weighted by atomic mass is 35.5. The van der Waals surface area contributed by atoms with Gasteiger partial charge in [-0.05, 0) is 13.3 Å². The van der Waals surface area contributed by atoms with E-state index in [1.807, 2.05) is 0 Å². The highest BCUT2D eigenvalue weighted by Gasteiger charge is 2.08. The topological polar surface area (TPSA) is 17.1 Å². The van der Waals surface area contributed by atoms with Crippen LogP contribution in [0, 0.1) is 0 Å². The van der Waals surface area contributed by atoms with Gasteiger partial charge in [0.05, 0.1) is 5.38 Å². The minimum Gasteiger partial charge on any atom is -0.298 e. The van der Waals surface area contributed by atoms with Gasteiger partial charge in [0.25, 0.3) is 0 Å². The Morgan fingerprint density at radius 1 is 1.25 bits per heavy atom. The maximum atomic E-state index is 10.7. The summed E-state index contributed by atoms with van der Waals surface area (Å²) in [5.41, 5.74) is 0. The summed E-state index contributed by atoms with van der Waals surface area (Å²) in [6.45, 7) is 3.75. The Bertz CT molecular complexity index is 123. The molecule has 0 rings (SSSR count). The van der Waals surface area contributed by atoms with Crippen LogP contribution in [0.3, 0.4) is 0 Å². The summed E-state index contributed by atoms with van der Waals surface area (Å²) in [6.07, 6.45) is 6.99. The minimum atomic E-state index is -0.244. The van der Waals surface area contributed by atoms with Crippen LogP contribution in [-0.2, 0) is 4.79 Å². The minimum absolute atomic E-state index is 0.104. The molecule has 1 atom stereocenters. The van der Waals surface area contributed by atoms with Gasteiger partial charge >= 0.3 is 0 Å². The Morgan fingerprint density at radius 3 is 2.33 bits per heavy atom. The van der Waals surface area contributed by atoms with Crippen molar-refractivity contribution < 1.29 is 4.79 Å². The highest BCUT2D eigenvalue weighted by Crippen LogP contribution is 2.11. The van der Waals surface area contributed by atoms with Gasteiger partial charge in [-0.3, -0.25) is 4.79 Å². The van der Waals surface area contributed by atoms with Crippen LogP contribution >= 0.6 is 11.6 Å². The van der Waals surface area contributed by atoms with Gasteiger partial charge in [0.15, 0.2) is 0 Å². The summed E-state index contributed by atoms with van der Waals surface area (Å²) in [7, 11) is 0. The van der Waals surface area contributed by atoms with E-state index in [2.05, 4.69) is 6.92 Å². The van der Waals surface area contributed by atoms with E-state index < -0.39 is 0 Å². The standard InChI is InChI=1S/C10H19ClO/c1-3-4-5-6-7-8-10(11)9(2)12/h10H,3-8H2,1-2H3. The molecular weight excluding hydrogens is 172 g/mol. The fourth-order valence-electron chi connectivity index (χ4n) is 1.13. The summed E-state index contributed by atoms with van der Waals surface area (Å²) < 4.78 is 0. The van der Waals surface area contributed by atoms with Gasteiger partial charge in [0, 0.05) is 0 Å². The molecule has 0 aromatic heterocycles. The maximum absolute atomic E-state index is 10.7. The van der Waals surface area contributed by atoms with Gasteiger partial charge in [0.2, 0.25) is 0 Å². The highest BCUT2D eigenvalue weighted by molar-refractivity contribution is 6.30. The molecule has 0 fully saturated rings. The SMILES string of the molecule is CCCCCCCC(Cl)C(C)=O. The third-order valence-electron chi connectivity index (χ3n) is 2.00. The Morgan fingerprint density at radius 2 is 1.83 bits per heavy atom. The van der Waals surface area contributed by atoms with Crippen LogP contribution in [-0.4, -0.2) is 11.2 Å². The number of halogens is 1. The molecule has 0 aliphatic heterocycles. The molecule has 0 aromatic rings. The molecule has 72 valence electrons. The van der Waals surface area contributed by atoms with Crippen LogP contribution in [0.2, 0.25) is 0 Å². The molecule has 1 nitrogen and oxygen atoms in total. The van der Waals surface area contributed by atoms with Crippen molar-refractivity contribution in [3.63, 3.8) is 0 Å². The Labute approximate surface area is 80.5 Å². The molecule has 0 spiro atoms. The second kappa shape index (κ2) is 7.60. The van der Waals surface area contributed by atoms with Gasteiger partial charge < -0.3 is 0 Å². The summed E-state index contributed by atoms with van der Waals surface area (Å²) >= 11 is 5.78. The molecule has 0 aromatic carbocycles. The Kier molecular flexibility index (Phi) is 7.58. The van der Waals surface area contributed by atoms with Crippen molar-refractivity contribution in [3.8, 4) is 0 Å². The first-order valence-electron chi connectivity index (χ1n) is 4.83. The number of Topliss-reactive ketones (excluding diaryl/α,β-unsaturated/α-hetero) is 1. The van der Waals surface area contributed by atoms with Gasteiger partial charge in [-0.1, -0.05) is 39.0 Å². The van der Waals surface area contributed by atoms with E-state index in [-0.39, 0.29) is 11.2 Å². The van der Waals surface area contributed by atoms with E-state index in [0.29, 0.717) is 0 Å². The summed E-state index contributed by atoms with van der Waals surface area (Å²) in [6, 6.07) is 0. The van der Waals surface area contributed by atoms with Gasteiger partial charge in [-0.25, -0.2) is 0 Å². The lowest BCUT2D eigenvalue weighted by atomic mass is 10.1. The van der Waals surface area contributed by atoms with Crippen LogP contribution < -0.4 is 0 Å². The Balaban J connectivity index is 3.14. The molecule has 0 radical (unpaired) electrons. The zero-order chi connectivity index (χ0) is 9.40. The van der Waals surface area contributed by atoms with E-state index in [1.54, 1.807) is 6.92 Å². The lowest BCUT2D eigenvalue weighted by molar-refractivity contribution is -0.116. The number of alkyl halides is 1. The molecular formula is C10H19ClO. The first kappa shape index (κ1) is 12.0. The molecule has 0 heterocycles. The van der Waals surface area contributed by atoms with Crippen molar-refractivity contribution in [3.05, 3.63) is 0 Å². The van der Waals surface area contributed by atoms with Crippen molar-refractivity contribution in [2.24, 2.45) is 0 Å². The van der Waals surface area contributed by atoms with Crippen molar-refractivity contribution in [2.75, 3.05) is 0 Å². The smallest absolute Gasteiger partial charge is 0.147 e. The van der Waals surface area contributed by atoms with Crippen molar-refractivity contribution in [2.45, 2.75) is 57.7 Å². The average molecular weight is 191 g/mol. The predicted octanol–water partition coefficient (Wildman–Crippen LogP) is 3.54. The molecule has 12 heavy (non-hydrogen) atoms. The molecule has 0 N–H and O–H groups in total. The predicted molar refractivity (Wildman–Crippen MR) is 53.7 cm³/mol. The maximum Gasteiger partial charge on any atom is 0.147 e. The largest absolute Gasteiger partial charge is 0.298 e. The van der Waals surface area contributed by atoms with Crippen LogP contribution in [0.1, 0.15) is 52.4 Å². The molecule has 0 bridgehead atoms. The summed E-state index contributed by atoms with van der Waals surface area (Å²) in [5, 5.41) is -0.244. The molecule has 1 unspecified atom stereocenters. The molecule has 2 heteroatoms. The number of carbonyl (C=O) groups excluding carboxylic acids is 1. The van der Waals surface area contributed by atoms with E-state index in [4.69, 9.17) is 11.6 Å². The molecule has 0 saturated carbocycles. The van der Waals surface area contributed by atoms with Crippen LogP contribution in [0.5, 0.6) is 0 Å². The fourth-order valence-corrected chi connectivity index (χ4v) is 1.28. The third-order valence-corrected chi connectivity index (χ3v) is 2.53. The number of ketones is 1. The molecule has 0 aliphatic carbocycles. The molecule has 0 saturated heterocycles. The second-order valence-corrected chi connectivity index (χ2v) is 3.81. The normalized spacial score (nSPS) is 12.9. The number of rotatable bonds is 7. The lowest BCUT2D eigenvalue weighted by Crippen LogP contribution is -2.09. The van der Waals surface area contributed by atoms with Crippen LogP contribution in [0.25, 0.3) is 0 Å². The summed E-state index contributed by atoms with van der Waals surface area (Å²) in [5.74, 6) is 0.104. The van der Waals surface area contributed by atoms with Crippen LogP contribution in [0.4, 0.5) is 0 Å². The van der Waals surface area contributed by atoms with E-state index >= 15 is 0 Å². The van der Waals surface area contributed by atoms with E-state index in [1.165, 1.54) is 25.7 Å². The third kappa shape index (κ3) is 6.66. The van der Waals surface area contributed by atoms with Gasteiger partial charge in [0.1, 0.15) is 5.78 Å². The number of hydrogen-bond acceptors (Lipinski definition) is 1. The number of carbonyl (C=O) groups is 1. The zero-order valence-corrected chi connectivity index (χ0v) is 8.86. The monoisotopic (exact) mass is 190 g/mol. The van der Waals surface area contributed by atoms with E-state index in [0.717, 1.165) is 12.8 Å². The number of hydrogen-bond donors (Lipinski definition) is 0. The van der Waals surface area contributed by atoms with Gasteiger partial charge in [-0.2, -0.15) is 0 Å². The summed E-state index contributed by atoms with van der Waals surface area (Å²) in [4.78, 5) is 10.7. The first-order valence-corrected chi connectivity index (χ1v) is 5.26. The van der Waals surface area contributed by atoms with E-state index in [9.17, 15) is 4.79 Å². The fraction of sp³-hybridized carbons (Fsp3) is 0.900. The van der Waals surface area contributed by atoms with Gasteiger partial charge in [-0.15, -0.1) is 11.6 Å². The van der Waals surface area contributed by atoms with Crippen molar-refractivity contribution in [1.82, 2.24) is 0 Å². The van der Waals surface area contributed by atoms with Crippen molar-refractivity contribution in [1.29, 1.82) is 0 Å². The Hall–Kier alpha value is -0.0400. The second-order valence-electron chi connectivity index (χ2n) is 3.28.